The van der Waals surface area contributed by atoms with Crippen molar-refractivity contribution in [1.82, 2.24) is 5.32 Å². The van der Waals surface area contributed by atoms with Crippen LogP contribution in [0.4, 0.5) is 0 Å². The lowest BCUT2D eigenvalue weighted by molar-refractivity contribution is -0.149. The predicted octanol–water partition coefficient (Wildman–Crippen LogP) is -2.06. The van der Waals surface area contributed by atoms with E-state index in [-0.39, 0.29) is 19.1 Å². The maximum Gasteiger partial charge on any atom is 0.332 e. The largest absolute Gasteiger partial charge is 0.479 e. The topological polar surface area (TPSA) is 145 Å². The van der Waals surface area contributed by atoms with Crippen molar-refractivity contribution in [3.63, 3.8) is 0 Å². The predicted molar refractivity (Wildman–Crippen MR) is 60.3 cm³/mol. The summed E-state index contributed by atoms with van der Waals surface area (Å²) >= 11 is 0. The second-order valence-corrected chi connectivity index (χ2v) is 4.18. The van der Waals surface area contributed by atoms with Crippen LogP contribution in [0.25, 0.3) is 0 Å². The van der Waals surface area contributed by atoms with E-state index in [1.165, 1.54) is 0 Å². The molecular formula is C10H17N3O5. The van der Waals surface area contributed by atoms with Gasteiger partial charge in [-0.3, -0.25) is 9.59 Å². The number of aliphatic carboxylic acids is 1. The summed E-state index contributed by atoms with van der Waals surface area (Å²) in [6.45, 7) is 0.176. The van der Waals surface area contributed by atoms with E-state index in [2.05, 4.69) is 5.32 Å². The third-order valence-corrected chi connectivity index (χ3v) is 2.64. The lowest BCUT2D eigenvalue weighted by atomic mass is 10.1. The first kappa shape index (κ1) is 14.4. The van der Waals surface area contributed by atoms with Crippen molar-refractivity contribution in [2.24, 2.45) is 11.5 Å². The van der Waals surface area contributed by atoms with Crippen LogP contribution >= 0.6 is 0 Å². The maximum atomic E-state index is 11.4. The first-order chi connectivity index (χ1) is 8.40. The highest BCUT2D eigenvalue weighted by Crippen LogP contribution is 2.19. The van der Waals surface area contributed by atoms with Crippen molar-refractivity contribution >= 4 is 17.8 Å². The first-order valence-corrected chi connectivity index (χ1v) is 5.60. The number of primary amides is 1. The molecule has 1 aliphatic rings. The number of carboxylic acid groups (broad SMARTS) is 1. The molecule has 0 aromatic carbocycles. The van der Waals surface area contributed by atoms with Gasteiger partial charge >= 0.3 is 5.97 Å². The zero-order valence-electron chi connectivity index (χ0n) is 9.80. The van der Waals surface area contributed by atoms with Crippen molar-refractivity contribution in [3.8, 4) is 0 Å². The molecule has 6 N–H and O–H groups in total. The van der Waals surface area contributed by atoms with Crippen LogP contribution in [0.2, 0.25) is 0 Å². The molecule has 102 valence electrons. The van der Waals surface area contributed by atoms with E-state index < -0.39 is 29.9 Å². The Hall–Kier alpha value is -1.67. The normalized spacial score (nSPS) is 24.5. The lowest BCUT2D eigenvalue weighted by Gasteiger charge is -2.14. The number of ether oxygens (including phenoxy) is 1. The first-order valence-electron chi connectivity index (χ1n) is 5.60. The van der Waals surface area contributed by atoms with E-state index in [0.717, 1.165) is 0 Å². The summed E-state index contributed by atoms with van der Waals surface area (Å²) < 4.78 is 5.19. The molecule has 0 radical (unpaired) electrons. The van der Waals surface area contributed by atoms with E-state index in [1.807, 2.05) is 0 Å². The highest BCUT2D eigenvalue weighted by Gasteiger charge is 2.30. The van der Waals surface area contributed by atoms with Crippen LogP contribution in [0.15, 0.2) is 0 Å². The third kappa shape index (κ3) is 4.30. The second-order valence-electron chi connectivity index (χ2n) is 4.18. The van der Waals surface area contributed by atoms with Crippen LogP contribution in [-0.2, 0) is 19.1 Å². The molecule has 0 saturated carbocycles. The molecule has 0 aromatic rings. The average Bonchev–Trinajstić information content (AvgIpc) is 2.73. The van der Waals surface area contributed by atoms with Gasteiger partial charge in [0.1, 0.15) is 0 Å². The quantitative estimate of drug-likeness (QED) is 0.431. The van der Waals surface area contributed by atoms with Gasteiger partial charge in [-0.25, -0.2) is 4.79 Å². The van der Waals surface area contributed by atoms with Gasteiger partial charge in [0.05, 0.1) is 18.6 Å². The molecular weight excluding hydrogens is 242 g/mol. The molecule has 0 bridgehead atoms. The number of amides is 2. The van der Waals surface area contributed by atoms with Gasteiger partial charge in [0, 0.05) is 6.54 Å². The van der Waals surface area contributed by atoms with Crippen LogP contribution in [0.5, 0.6) is 0 Å². The Balaban J connectivity index is 2.27. The molecule has 1 rings (SSSR count). The van der Waals surface area contributed by atoms with Gasteiger partial charge < -0.3 is 26.6 Å². The standard InChI is InChI=1S/C10H17N3O5/c11-6(3-8(12)14)9(15)13-4-5-1-2-7(18-5)10(16)17/h5-7H,1-4,11H2,(H2,12,14)(H,13,15)(H,16,17). The average molecular weight is 259 g/mol. The Morgan fingerprint density at radius 1 is 1.39 bits per heavy atom. The van der Waals surface area contributed by atoms with Gasteiger partial charge in [-0.1, -0.05) is 0 Å². The maximum absolute atomic E-state index is 11.4. The number of hydrogen-bond donors (Lipinski definition) is 4. The molecule has 8 nitrogen and oxygen atoms in total. The van der Waals surface area contributed by atoms with Gasteiger partial charge in [0.2, 0.25) is 11.8 Å². The van der Waals surface area contributed by atoms with Crippen molar-refractivity contribution in [1.29, 1.82) is 0 Å². The van der Waals surface area contributed by atoms with Crippen LogP contribution in [-0.4, -0.2) is 47.7 Å². The van der Waals surface area contributed by atoms with Crippen molar-refractivity contribution in [3.05, 3.63) is 0 Å². The van der Waals surface area contributed by atoms with Crippen LogP contribution in [0, 0.1) is 0 Å². The minimum absolute atomic E-state index is 0.176. The highest BCUT2D eigenvalue weighted by molar-refractivity contribution is 5.87. The van der Waals surface area contributed by atoms with Gasteiger partial charge in [-0.15, -0.1) is 0 Å². The summed E-state index contributed by atoms with van der Waals surface area (Å²) in [5.74, 6) is -2.16. The highest BCUT2D eigenvalue weighted by atomic mass is 16.5. The van der Waals surface area contributed by atoms with Gasteiger partial charge in [0.25, 0.3) is 0 Å². The second kappa shape index (κ2) is 6.31. The fourth-order valence-electron chi connectivity index (χ4n) is 1.69. The van der Waals surface area contributed by atoms with E-state index in [1.54, 1.807) is 0 Å². The number of nitrogens with one attached hydrogen (secondary N) is 1. The Kier molecular flexibility index (Phi) is 5.05. The molecule has 1 heterocycles. The Morgan fingerprint density at radius 2 is 2.06 bits per heavy atom. The van der Waals surface area contributed by atoms with Crippen LogP contribution in [0.3, 0.4) is 0 Å². The summed E-state index contributed by atoms with van der Waals surface area (Å²) in [5.41, 5.74) is 10.3. The monoisotopic (exact) mass is 259 g/mol. The number of carbonyl (C=O) groups is 3. The summed E-state index contributed by atoms with van der Waals surface area (Å²) in [6.07, 6.45) is -0.400. The molecule has 1 aliphatic heterocycles. The number of carbonyl (C=O) groups excluding carboxylic acids is 2. The Bertz CT molecular complexity index is 346. The van der Waals surface area contributed by atoms with E-state index in [0.29, 0.717) is 12.8 Å². The Labute approximate surface area is 104 Å². The summed E-state index contributed by atoms with van der Waals surface area (Å²) in [7, 11) is 0. The molecule has 1 saturated heterocycles. The molecule has 0 aliphatic carbocycles. The molecule has 0 spiro atoms. The Morgan fingerprint density at radius 3 is 2.56 bits per heavy atom. The van der Waals surface area contributed by atoms with Crippen molar-refractivity contribution in [2.75, 3.05) is 6.54 Å². The lowest BCUT2D eigenvalue weighted by Crippen LogP contribution is -2.45. The molecule has 1 fully saturated rings. The SMILES string of the molecule is NC(=O)CC(N)C(=O)NCC1CCC(C(=O)O)O1. The summed E-state index contributed by atoms with van der Waals surface area (Å²) in [5, 5.41) is 11.2. The number of nitrogens with two attached hydrogens (primary N) is 2. The molecule has 18 heavy (non-hydrogen) atoms. The zero-order valence-corrected chi connectivity index (χ0v) is 9.80. The van der Waals surface area contributed by atoms with Gasteiger partial charge in [-0.05, 0) is 12.8 Å². The van der Waals surface area contributed by atoms with Crippen LogP contribution in [0.1, 0.15) is 19.3 Å². The van der Waals surface area contributed by atoms with E-state index >= 15 is 0 Å². The van der Waals surface area contributed by atoms with Crippen molar-refractivity contribution < 1.29 is 24.2 Å². The van der Waals surface area contributed by atoms with E-state index in [9.17, 15) is 14.4 Å². The molecule has 2 amide bonds. The van der Waals surface area contributed by atoms with Crippen LogP contribution < -0.4 is 16.8 Å². The number of carboxylic acids is 1. The third-order valence-electron chi connectivity index (χ3n) is 2.64. The molecule has 0 aromatic heterocycles. The minimum atomic E-state index is -1.01. The van der Waals surface area contributed by atoms with Gasteiger partial charge in [0.15, 0.2) is 6.10 Å². The number of rotatable bonds is 6. The number of hydrogen-bond acceptors (Lipinski definition) is 5. The smallest absolute Gasteiger partial charge is 0.332 e. The van der Waals surface area contributed by atoms with Crippen molar-refractivity contribution in [2.45, 2.75) is 37.5 Å². The zero-order chi connectivity index (χ0) is 13.7. The fraction of sp³-hybridized carbons (Fsp3) is 0.700. The van der Waals surface area contributed by atoms with E-state index in [4.69, 9.17) is 21.3 Å². The molecule has 8 heteroatoms. The summed E-state index contributed by atoms with van der Waals surface area (Å²) in [4.78, 5) is 32.6. The minimum Gasteiger partial charge on any atom is -0.479 e. The fourth-order valence-corrected chi connectivity index (χ4v) is 1.69. The van der Waals surface area contributed by atoms with Gasteiger partial charge in [-0.2, -0.15) is 0 Å². The summed E-state index contributed by atoms with van der Waals surface area (Å²) in [6, 6.07) is -0.987. The molecule has 3 unspecified atom stereocenters. The molecule has 3 atom stereocenters.